The molecule has 2 atom stereocenters. The van der Waals surface area contributed by atoms with Crippen LogP contribution in [-0.2, 0) is 17.5 Å². The van der Waals surface area contributed by atoms with Crippen LogP contribution in [0, 0.1) is 0 Å². The maximum atomic E-state index is 12.6. The van der Waals surface area contributed by atoms with E-state index < -0.39 is 23.9 Å². The number of alkyl halides is 3. The van der Waals surface area contributed by atoms with Crippen LogP contribution in [0.4, 0.5) is 13.2 Å². The predicted octanol–water partition coefficient (Wildman–Crippen LogP) is 2.17. The van der Waals surface area contributed by atoms with Crippen molar-refractivity contribution < 1.29 is 23.1 Å². The number of carbonyl (C=O) groups is 1. The average molecular weight is 371 g/mol. The van der Waals surface area contributed by atoms with E-state index >= 15 is 0 Å². The number of nitrogens with zero attached hydrogens (tertiary/aromatic N) is 1. The molecule has 0 aliphatic carbocycles. The molecule has 0 radical (unpaired) electrons. The van der Waals surface area contributed by atoms with Crippen molar-refractivity contribution in [1.82, 2.24) is 15.6 Å². The van der Waals surface area contributed by atoms with E-state index in [0.717, 1.165) is 12.1 Å². The highest BCUT2D eigenvalue weighted by molar-refractivity contribution is 7.13. The number of halogens is 3. The molecule has 3 N–H and O–H groups in total. The SMILES string of the molecule is O=C(NCc1csc(-c2ccc(C(F)(F)F)cc2)n1)C1CC(O)CN1. The first kappa shape index (κ1) is 17.8. The summed E-state index contributed by atoms with van der Waals surface area (Å²) in [6.45, 7) is 0.622. The number of hydrogen-bond acceptors (Lipinski definition) is 5. The highest BCUT2D eigenvalue weighted by Crippen LogP contribution is 2.31. The van der Waals surface area contributed by atoms with Gasteiger partial charge in [-0.1, -0.05) is 12.1 Å². The van der Waals surface area contributed by atoms with Crippen molar-refractivity contribution in [2.45, 2.75) is 31.3 Å². The number of hydrogen-bond donors (Lipinski definition) is 3. The third-order valence-electron chi connectivity index (χ3n) is 3.88. The van der Waals surface area contributed by atoms with Crippen LogP contribution >= 0.6 is 11.3 Å². The molecule has 2 heterocycles. The Bertz CT molecular complexity index is 746. The second-order valence-corrected chi connectivity index (χ2v) is 6.65. The molecule has 5 nitrogen and oxygen atoms in total. The summed E-state index contributed by atoms with van der Waals surface area (Å²) in [6, 6.07) is 4.40. The Balaban J connectivity index is 1.60. The molecule has 2 aromatic rings. The number of aliphatic hydroxyl groups is 1. The van der Waals surface area contributed by atoms with Crippen molar-refractivity contribution in [1.29, 1.82) is 0 Å². The van der Waals surface area contributed by atoms with Gasteiger partial charge in [0.1, 0.15) is 5.01 Å². The van der Waals surface area contributed by atoms with Crippen molar-refractivity contribution >= 4 is 17.2 Å². The number of carbonyl (C=O) groups excluding carboxylic acids is 1. The topological polar surface area (TPSA) is 74.2 Å². The zero-order valence-corrected chi connectivity index (χ0v) is 13.8. The maximum absolute atomic E-state index is 12.6. The van der Waals surface area contributed by atoms with Crippen LogP contribution in [0.1, 0.15) is 17.7 Å². The monoisotopic (exact) mass is 371 g/mol. The van der Waals surface area contributed by atoms with E-state index in [1.165, 1.54) is 23.5 Å². The zero-order valence-electron chi connectivity index (χ0n) is 13.0. The first-order valence-corrected chi connectivity index (χ1v) is 8.52. The molecule has 0 bridgehead atoms. The van der Waals surface area contributed by atoms with Gasteiger partial charge in [-0.25, -0.2) is 4.98 Å². The van der Waals surface area contributed by atoms with Crippen LogP contribution in [0.2, 0.25) is 0 Å². The molecule has 1 fully saturated rings. The van der Waals surface area contributed by atoms with Gasteiger partial charge in [0.05, 0.1) is 29.9 Å². The molecule has 25 heavy (non-hydrogen) atoms. The second kappa shape index (κ2) is 7.11. The molecule has 1 saturated heterocycles. The van der Waals surface area contributed by atoms with Crippen LogP contribution in [-0.4, -0.2) is 34.7 Å². The van der Waals surface area contributed by atoms with E-state index in [-0.39, 0.29) is 12.5 Å². The third-order valence-corrected chi connectivity index (χ3v) is 4.82. The fourth-order valence-corrected chi connectivity index (χ4v) is 3.37. The zero-order chi connectivity index (χ0) is 18.0. The summed E-state index contributed by atoms with van der Waals surface area (Å²) in [4.78, 5) is 16.3. The Morgan fingerprint density at radius 2 is 2.08 bits per heavy atom. The first-order chi connectivity index (χ1) is 11.8. The van der Waals surface area contributed by atoms with Gasteiger partial charge in [0, 0.05) is 17.5 Å². The predicted molar refractivity (Wildman–Crippen MR) is 86.8 cm³/mol. The second-order valence-electron chi connectivity index (χ2n) is 5.79. The van der Waals surface area contributed by atoms with Crippen molar-refractivity contribution in [2.24, 2.45) is 0 Å². The molecule has 0 saturated carbocycles. The normalized spacial score (nSPS) is 20.6. The minimum atomic E-state index is -4.36. The molecule has 1 aliphatic rings. The van der Waals surface area contributed by atoms with Crippen molar-refractivity contribution in [2.75, 3.05) is 6.54 Å². The van der Waals surface area contributed by atoms with Crippen LogP contribution in [0.15, 0.2) is 29.6 Å². The van der Waals surface area contributed by atoms with Crippen molar-refractivity contribution in [3.05, 3.63) is 40.9 Å². The molecule has 3 rings (SSSR count). The fraction of sp³-hybridized carbons (Fsp3) is 0.375. The number of nitrogens with one attached hydrogen (secondary N) is 2. The quantitative estimate of drug-likeness (QED) is 0.770. The van der Waals surface area contributed by atoms with E-state index in [4.69, 9.17) is 0 Å². The Kier molecular flexibility index (Phi) is 5.07. The molecule has 1 aliphatic heterocycles. The van der Waals surface area contributed by atoms with Crippen LogP contribution in [0.25, 0.3) is 10.6 Å². The van der Waals surface area contributed by atoms with Crippen LogP contribution in [0.3, 0.4) is 0 Å². The lowest BCUT2D eigenvalue weighted by Crippen LogP contribution is -2.40. The molecule has 1 aromatic heterocycles. The van der Waals surface area contributed by atoms with E-state index in [1.54, 1.807) is 5.38 Å². The number of β-amino-alcohol motifs (C(OH)–C–C–N with tert-alkyl or cyclic N) is 1. The highest BCUT2D eigenvalue weighted by Gasteiger charge is 2.30. The van der Waals surface area contributed by atoms with Gasteiger partial charge in [-0.3, -0.25) is 4.79 Å². The molecule has 0 spiro atoms. The van der Waals surface area contributed by atoms with E-state index in [0.29, 0.717) is 29.2 Å². The first-order valence-electron chi connectivity index (χ1n) is 7.64. The smallest absolute Gasteiger partial charge is 0.392 e. The van der Waals surface area contributed by atoms with Gasteiger partial charge in [-0.2, -0.15) is 13.2 Å². The van der Waals surface area contributed by atoms with Gasteiger partial charge in [-0.15, -0.1) is 11.3 Å². The average Bonchev–Trinajstić information content (AvgIpc) is 3.21. The molecule has 1 amide bonds. The van der Waals surface area contributed by atoms with Crippen LogP contribution in [0.5, 0.6) is 0 Å². The van der Waals surface area contributed by atoms with Gasteiger partial charge in [-0.05, 0) is 18.6 Å². The largest absolute Gasteiger partial charge is 0.416 e. The Morgan fingerprint density at radius 3 is 2.68 bits per heavy atom. The molecule has 1 aromatic carbocycles. The summed E-state index contributed by atoms with van der Waals surface area (Å²) in [5.74, 6) is -0.208. The summed E-state index contributed by atoms with van der Waals surface area (Å²) in [5.41, 5.74) is 0.523. The Hall–Kier alpha value is -1.97. The number of aliphatic hydroxyl groups excluding tert-OH is 1. The van der Waals surface area contributed by atoms with Gasteiger partial charge in [0.2, 0.25) is 5.91 Å². The van der Waals surface area contributed by atoms with Gasteiger partial charge >= 0.3 is 6.18 Å². The lowest BCUT2D eigenvalue weighted by Gasteiger charge is -2.09. The summed E-state index contributed by atoms with van der Waals surface area (Å²) in [7, 11) is 0. The lowest BCUT2D eigenvalue weighted by atomic mass is 10.1. The minimum Gasteiger partial charge on any atom is -0.392 e. The molecule has 2 unspecified atom stereocenters. The number of amides is 1. The number of rotatable bonds is 4. The third kappa shape index (κ3) is 4.36. The Morgan fingerprint density at radius 1 is 1.36 bits per heavy atom. The van der Waals surface area contributed by atoms with E-state index in [1.807, 2.05) is 0 Å². The summed E-state index contributed by atoms with van der Waals surface area (Å²) < 4.78 is 37.7. The summed E-state index contributed by atoms with van der Waals surface area (Å²) >= 11 is 1.30. The lowest BCUT2D eigenvalue weighted by molar-refractivity contribution is -0.137. The minimum absolute atomic E-state index is 0.208. The maximum Gasteiger partial charge on any atom is 0.416 e. The Labute approximate surface area is 145 Å². The molecule has 134 valence electrons. The molecule has 9 heteroatoms. The highest BCUT2D eigenvalue weighted by atomic mass is 32.1. The number of thiazole rings is 1. The van der Waals surface area contributed by atoms with Crippen molar-refractivity contribution in [3.8, 4) is 10.6 Å². The molecular formula is C16H16F3N3O2S. The number of benzene rings is 1. The standard InChI is InChI=1S/C16H16F3N3O2S/c17-16(18,19)10-3-1-9(2-4-10)15-22-11(8-25-15)6-21-14(24)13-5-12(23)7-20-13/h1-4,8,12-13,20,23H,5-7H2,(H,21,24). The van der Waals surface area contributed by atoms with E-state index in [9.17, 15) is 23.1 Å². The summed E-state index contributed by atoms with van der Waals surface area (Å²) in [5, 5.41) is 17.4. The van der Waals surface area contributed by atoms with Crippen molar-refractivity contribution in [3.63, 3.8) is 0 Å². The summed E-state index contributed by atoms with van der Waals surface area (Å²) in [6.07, 6.45) is -4.50. The van der Waals surface area contributed by atoms with Gasteiger partial charge < -0.3 is 15.7 Å². The van der Waals surface area contributed by atoms with Gasteiger partial charge in [0.25, 0.3) is 0 Å². The van der Waals surface area contributed by atoms with Crippen LogP contribution < -0.4 is 10.6 Å². The fourth-order valence-electron chi connectivity index (χ4n) is 2.54. The van der Waals surface area contributed by atoms with Gasteiger partial charge in [0.15, 0.2) is 0 Å². The van der Waals surface area contributed by atoms with E-state index in [2.05, 4.69) is 15.6 Å². The molecular weight excluding hydrogens is 355 g/mol. The number of aromatic nitrogens is 1.